The molecule has 0 aromatic rings. The molecule has 1 rings (SSSR count). The lowest BCUT2D eigenvalue weighted by Gasteiger charge is -2.41. The van der Waals surface area contributed by atoms with E-state index in [1.807, 2.05) is 6.92 Å². The Morgan fingerprint density at radius 3 is 2.14 bits per heavy atom. The summed E-state index contributed by atoms with van der Waals surface area (Å²) in [6, 6.07) is -0.549. The molecule has 1 N–H and O–H groups in total. The first-order chi connectivity index (χ1) is 10.4. The zero-order chi connectivity index (χ0) is 17.8. The van der Waals surface area contributed by atoms with E-state index in [-0.39, 0.29) is 0 Å². The van der Waals surface area contributed by atoms with Gasteiger partial charge in [0.1, 0.15) is 12.2 Å². The van der Waals surface area contributed by atoms with Crippen molar-refractivity contribution >= 4 is 18.3 Å². The summed E-state index contributed by atoms with van der Waals surface area (Å²) in [5.74, 6) is -0.833. The third-order valence-corrected chi connectivity index (χ3v) is 3.54. The molecule has 22 heavy (non-hydrogen) atoms. The molecule has 1 aliphatic carbocycles. The van der Waals surface area contributed by atoms with Gasteiger partial charge in [-0.15, -0.1) is 13.2 Å². The first-order valence-electron chi connectivity index (χ1n) is 6.89. The summed E-state index contributed by atoms with van der Waals surface area (Å²) in [5, 5.41) is 2.24. The predicted molar refractivity (Wildman–Crippen MR) is 80.8 cm³/mol. The molecule has 0 spiro atoms. The van der Waals surface area contributed by atoms with Gasteiger partial charge in [0.25, 0.3) is 0 Å². The molecule has 1 amide bonds. The third-order valence-electron chi connectivity index (χ3n) is 3.54. The van der Waals surface area contributed by atoms with Crippen LogP contribution in [-0.2, 0) is 23.9 Å². The van der Waals surface area contributed by atoms with E-state index in [1.165, 1.54) is 14.2 Å². The summed E-state index contributed by atoms with van der Waals surface area (Å²) in [7, 11) is 2.58. The Morgan fingerprint density at radius 2 is 1.95 bits per heavy atom. The van der Waals surface area contributed by atoms with Crippen LogP contribution in [0, 0.1) is 5.41 Å². The summed E-state index contributed by atoms with van der Waals surface area (Å²) in [5.41, 5.74) is -0.797. The Balaban J connectivity index is 0. The summed E-state index contributed by atoms with van der Waals surface area (Å²) < 4.78 is 21.8. The zero-order valence-electron chi connectivity index (χ0n) is 13.7. The lowest BCUT2D eigenvalue weighted by atomic mass is 9.65. The summed E-state index contributed by atoms with van der Waals surface area (Å²) in [6.45, 7) is 9.36. The molecular weight excluding hydrogens is 293 g/mol. The van der Waals surface area contributed by atoms with E-state index in [0.717, 1.165) is 0 Å². The van der Waals surface area contributed by atoms with Crippen molar-refractivity contribution in [3.05, 3.63) is 13.2 Å². The summed E-state index contributed by atoms with van der Waals surface area (Å²) in [4.78, 5) is 31.3. The van der Waals surface area contributed by atoms with Crippen molar-refractivity contribution in [1.29, 1.82) is 0 Å². The van der Waals surface area contributed by atoms with E-state index in [2.05, 4.69) is 27.9 Å². The topological polar surface area (TPSA) is 81.7 Å². The highest BCUT2D eigenvalue weighted by atomic mass is 19.1. The number of methoxy groups -OCH3 is 2. The average Bonchev–Trinajstić information content (AvgIpc) is 2.55. The number of halogens is 1. The fourth-order valence-electron chi connectivity index (χ4n) is 1.92. The van der Waals surface area contributed by atoms with Crippen LogP contribution in [0.3, 0.4) is 0 Å². The Hall–Kier alpha value is -1.92. The third kappa shape index (κ3) is 5.83. The Morgan fingerprint density at radius 1 is 1.41 bits per heavy atom. The number of nitrogens with one attached hydrogen (secondary N) is 1. The first kappa shape index (κ1) is 22.4. The maximum absolute atomic E-state index is 13.0. The normalized spacial score (nSPS) is 23.0. The average molecular weight is 319 g/mol. The van der Waals surface area contributed by atoms with Crippen molar-refractivity contribution in [3.63, 3.8) is 0 Å². The molecule has 2 unspecified atom stereocenters. The van der Waals surface area contributed by atoms with Crippen LogP contribution in [0.1, 0.15) is 33.1 Å². The Kier molecular flexibility index (Phi) is 11.9. The molecular formula is C15H26FNO5. The SMILES string of the molecule is C=C.CCC1(C(=O)OC)CCC1F.COC(=O)[C@H](C)NC=O. The van der Waals surface area contributed by atoms with Crippen LogP contribution >= 0.6 is 0 Å². The molecule has 0 saturated heterocycles. The minimum absolute atomic E-state index is 0.390. The second-order valence-corrected chi connectivity index (χ2v) is 4.54. The molecule has 7 heteroatoms. The van der Waals surface area contributed by atoms with Crippen LogP contribution in [0.15, 0.2) is 13.2 Å². The Labute approximate surface area is 131 Å². The monoisotopic (exact) mass is 319 g/mol. The lowest BCUT2D eigenvalue weighted by Crippen LogP contribution is -2.48. The maximum atomic E-state index is 13.0. The molecule has 0 aromatic heterocycles. The van der Waals surface area contributed by atoms with Gasteiger partial charge in [-0.1, -0.05) is 6.92 Å². The van der Waals surface area contributed by atoms with Crippen molar-refractivity contribution in [1.82, 2.24) is 5.32 Å². The van der Waals surface area contributed by atoms with Gasteiger partial charge in [-0.3, -0.25) is 9.59 Å². The fourth-order valence-corrected chi connectivity index (χ4v) is 1.92. The first-order valence-corrected chi connectivity index (χ1v) is 6.89. The maximum Gasteiger partial charge on any atom is 0.328 e. The number of alkyl halides is 1. The van der Waals surface area contributed by atoms with Gasteiger partial charge in [0, 0.05) is 0 Å². The van der Waals surface area contributed by atoms with Crippen molar-refractivity contribution in [3.8, 4) is 0 Å². The number of amides is 1. The zero-order valence-corrected chi connectivity index (χ0v) is 13.7. The molecule has 128 valence electrons. The molecule has 6 nitrogen and oxygen atoms in total. The Bertz CT molecular complexity index is 360. The number of hydrogen-bond donors (Lipinski definition) is 1. The predicted octanol–water partition coefficient (Wildman–Crippen LogP) is 1.78. The molecule has 0 aliphatic heterocycles. The number of carbonyl (C=O) groups is 3. The lowest BCUT2D eigenvalue weighted by molar-refractivity contribution is -0.166. The van der Waals surface area contributed by atoms with Crippen LogP contribution in [0.5, 0.6) is 0 Å². The van der Waals surface area contributed by atoms with Crippen molar-refractivity contribution in [2.45, 2.75) is 45.3 Å². The molecule has 3 atom stereocenters. The van der Waals surface area contributed by atoms with Gasteiger partial charge in [0.05, 0.1) is 19.6 Å². The van der Waals surface area contributed by atoms with Crippen LogP contribution in [-0.4, -0.2) is 44.8 Å². The number of rotatable bonds is 5. The molecule has 0 radical (unpaired) electrons. The van der Waals surface area contributed by atoms with Crippen LogP contribution < -0.4 is 5.32 Å². The molecule has 0 aromatic carbocycles. The highest BCUT2D eigenvalue weighted by molar-refractivity contribution is 5.78. The van der Waals surface area contributed by atoms with Gasteiger partial charge in [-0.05, 0) is 26.2 Å². The van der Waals surface area contributed by atoms with Crippen LogP contribution in [0.2, 0.25) is 0 Å². The van der Waals surface area contributed by atoms with Crippen molar-refractivity contribution < 1.29 is 28.2 Å². The molecule has 0 bridgehead atoms. The summed E-state index contributed by atoms with van der Waals surface area (Å²) in [6.07, 6.45) is 1.16. The van der Waals surface area contributed by atoms with Gasteiger partial charge >= 0.3 is 11.9 Å². The second kappa shape index (κ2) is 11.7. The minimum atomic E-state index is -0.986. The number of ether oxygens (including phenoxy) is 2. The van der Waals surface area contributed by atoms with Crippen LogP contribution in [0.25, 0.3) is 0 Å². The fraction of sp³-hybridized carbons (Fsp3) is 0.667. The standard InChI is InChI=1S/C8H13FO2.C5H9NO3.C2H4/c1-3-8(7(10)11-2)5-4-6(8)9;1-4(6-3-7)5(8)9-2;1-2/h6H,3-5H2,1-2H3;3-4H,1-2H3,(H,6,7);1-2H2/t;4-;/m.0./s1. The highest BCUT2D eigenvalue weighted by Crippen LogP contribution is 2.47. The van der Waals surface area contributed by atoms with Gasteiger partial charge < -0.3 is 14.8 Å². The molecule has 1 fully saturated rings. The van der Waals surface area contributed by atoms with E-state index in [4.69, 9.17) is 0 Å². The number of hydrogen-bond acceptors (Lipinski definition) is 5. The van der Waals surface area contributed by atoms with Gasteiger partial charge in [-0.2, -0.15) is 0 Å². The number of carbonyl (C=O) groups excluding carboxylic acids is 3. The minimum Gasteiger partial charge on any atom is -0.469 e. The van der Waals surface area contributed by atoms with Gasteiger partial charge in [0.2, 0.25) is 6.41 Å². The second-order valence-electron chi connectivity index (χ2n) is 4.54. The largest absolute Gasteiger partial charge is 0.469 e. The highest BCUT2D eigenvalue weighted by Gasteiger charge is 2.52. The molecule has 1 aliphatic rings. The van der Waals surface area contributed by atoms with Gasteiger partial charge in [-0.25, -0.2) is 9.18 Å². The van der Waals surface area contributed by atoms with E-state index in [9.17, 15) is 18.8 Å². The smallest absolute Gasteiger partial charge is 0.328 e. The van der Waals surface area contributed by atoms with E-state index < -0.39 is 29.6 Å². The molecule has 1 saturated carbocycles. The summed E-state index contributed by atoms with van der Waals surface area (Å²) >= 11 is 0. The van der Waals surface area contributed by atoms with Gasteiger partial charge in [0.15, 0.2) is 0 Å². The number of esters is 2. The van der Waals surface area contributed by atoms with Crippen LogP contribution in [0.4, 0.5) is 4.39 Å². The van der Waals surface area contributed by atoms with E-state index in [1.54, 1.807) is 6.92 Å². The molecule has 0 heterocycles. The van der Waals surface area contributed by atoms with Crippen molar-refractivity contribution in [2.24, 2.45) is 5.41 Å². The van der Waals surface area contributed by atoms with Crippen molar-refractivity contribution in [2.75, 3.05) is 14.2 Å². The quantitative estimate of drug-likeness (QED) is 0.474. The van der Waals surface area contributed by atoms with E-state index >= 15 is 0 Å². The van der Waals surface area contributed by atoms with E-state index in [0.29, 0.717) is 25.7 Å².